The van der Waals surface area contributed by atoms with Crippen LogP contribution in [0, 0.1) is 0 Å². The smallest absolute Gasteiger partial charge is 0.285 e. The topological polar surface area (TPSA) is 9.23 Å². The lowest BCUT2D eigenvalue weighted by molar-refractivity contribution is -0.217. The van der Waals surface area contributed by atoms with E-state index in [1.165, 1.54) is 0 Å². The van der Waals surface area contributed by atoms with Crippen LogP contribution >= 0.6 is 69.6 Å². The zero-order valence-corrected chi connectivity index (χ0v) is 11.2. The van der Waals surface area contributed by atoms with Crippen LogP contribution in [-0.2, 0) is 4.74 Å². The molecule has 96 valence electrons. The molecule has 2 unspecified atom stereocenters. The lowest BCUT2D eigenvalue weighted by Crippen LogP contribution is -2.41. The maximum atomic E-state index is 13.3. The van der Waals surface area contributed by atoms with Crippen molar-refractivity contribution in [1.82, 2.24) is 0 Å². The van der Waals surface area contributed by atoms with Gasteiger partial charge in [0.15, 0.2) is 0 Å². The zero-order valence-electron chi connectivity index (χ0n) is 6.69. The maximum absolute atomic E-state index is 13.3. The third-order valence-corrected chi connectivity index (χ3v) is 4.08. The van der Waals surface area contributed by atoms with Crippen molar-refractivity contribution in [3.05, 3.63) is 0 Å². The van der Waals surface area contributed by atoms with Gasteiger partial charge in [0.2, 0.25) is 0 Å². The van der Waals surface area contributed by atoms with Crippen molar-refractivity contribution in [2.45, 2.75) is 25.2 Å². The normalized spacial score (nSPS) is 35.6. The Balaban J connectivity index is 2.94. The number of ether oxygens (including phenoxy) is 1. The minimum atomic E-state index is -4.38. The largest absolute Gasteiger partial charge is 0.347 e. The minimum absolute atomic E-state index is 3.02. The summed E-state index contributed by atoms with van der Waals surface area (Å²) in [4.78, 5) is 0. The van der Waals surface area contributed by atoms with E-state index in [-0.39, 0.29) is 0 Å². The van der Waals surface area contributed by atoms with Gasteiger partial charge in [-0.2, -0.15) is 13.2 Å². The molecule has 0 aromatic heterocycles. The average Bonchev–Trinajstić information content (AvgIpc) is 2.25. The quantitative estimate of drug-likeness (QED) is 0.508. The molecule has 0 heterocycles. The Bertz CT molecular complexity index is 299. The molecular formula is C5Cl6F4O. The van der Waals surface area contributed by atoms with Crippen LogP contribution in [0.25, 0.3) is 0 Å². The second kappa shape index (κ2) is 3.71. The monoisotopic (exact) mass is 362 g/mol. The van der Waals surface area contributed by atoms with Gasteiger partial charge in [0.1, 0.15) is 0 Å². The molecule has 1 aliphatic rings. The average molecular weight is 365 g/mol. The highest BCUT2D eigenvalue weighted by Gasteiger charge is 2.98. The molecule has 0 aliphatic heterocycles. The van der Waals surface area contributed by atoms with Gasteiger partial charge in [-0.15, -0.1) is 0 Å². The fourth-order valence-electron chi connectivity index (χ4n) is 0.726. The molecule has 1 fully saturated rings. The Morgan fingerprint density at radius 3 is 1.44 bits per heavy atom. The Morgan fingerprint density at radius 1 is 0.938 bits per heavy atom. The fraction of sp³-hybridized carbons (Fsp3) is 1.00. The molecule has 0 bridgehead atoms. The van der Waals surface area contributed by atoms with Gasteiger partial charge in [-0.25, -0.2) is 4.39 Å². The first-order valence-electron chi connectivity index (χ1n) is 3.30. The van der Waals surface area contributed by atoms with Crippen LogP contribution in [0.2, 0.25) is 0 Å². The standard InChI is InChI=1S/C5Cl6F4O/c6-1(7)2(12,13)3(1,14)16-5(11,15)4(8,9)10. The van der Waals surface area contributed by atoms with Crippen LogP contribution in [-0.4, -0.2) is 25.2 Å². The van der Waals surface area contributed by atoms with E-state index in [0.717, 1.165) is 0 Å². The van der Waals surface area contributed by atoms with Crippen LogP contribution in [0.15, 0.2) is 0 Å². The minimum Gasteiger partial charge on any atom is -0.285 e. The third kappa shape index (κ3) is 1.87. The molecule has 1 nitrogen and oxygen atoms in total. The lowest BCUT2D eigenvalue weighted by atomic mass is 10.6. The Kier molecular flexibility index (Phi) is 3.59. The molecule has 2 atom stereocenters. The van der Waals surface area contributed by atoms with E-state index < -0.39 is 25.2 Å². The molecule has 0 aromatic carbocycles. The summed E-state index contributed by atoms with van der Waals surface area (Å²) in [5, 5.41) is -3.86. The van der Waals surface area contributed by atoms with Gasteiger partial charge < -0.3 is 0 Å². The molecule has 0 saturated heterocycles. The predicted octanol–water partition coefficient (Wildman–Crippen LogP) is 4.72. The number of hydrogen-bond donors (Lipinski definition) is 0. The van der Waals surface area contributed by atoms with Crippen molar-refractivity contribution < 1.29 is 22.3 Å². The molecule has 1 rings (SSSR count). The Labute approximate surface area is 117 Å². The van der Waals surface area contributed by atoms with Crippen LogP contribution in [0.5, 0.6) is 0 Å². The van der Waals surface area contributed by atoms with E-state index in [0.29, 0.717) is 0 Å². The van der Waals surface area contributed by atoms with E-state index in [2.05, 4.69) is 4.74 Å². The molecule has 0 radical (unpaired) electrons. The molecule has 1 aliphatic carbocycles. The number of hydrogen-bond acceptors (Lipinski definition) is 1. The first-order valence-corrected chi connectivity index (χ1v) is 5.57. The molecule has 16 heavy (non-hydrogen) atoms. The second-order valence-electron chi connectivity index (χ2n) is 2.86. The summed E-state index contributed by atoms with van der Waals surface area (Å²) in [7, 11) is 0. The van der Waals surface area contributed by atoms with Gasteiger partial charge in [0.05, 0.1) is 0 Å². The van der Waals surface area contributed by atoms with Crippen LogP contribution in [0.1, 0.15) is 0 Å². The van der Waals surface area contributed by atoms with E-state index in [9.17, 15) is 17.6 Å². The zero-order chi connectivity index (χ0) is 13.2. The van der Waals surface area contributed by atoms with E-state index in [1.54, 1.807) is 0 Å². The molecule has 0 spiro atoms. The summed E-state index contributed by atoms with van der Waals surface area (Å²) in [5.41, 5.74) is 0. The first-order chi connectivity index (χ1) is 6.71. The van der Waals surface area contributed by atoms with Crippen LogP contribution in [0.4, 0.5) is 17.6 Å². The third-order valence-electron chi connectivity index (χ3n) is 1.74. The van der Waals surface area contributed by atoms with E-state index in [1.807, 2.05) is 0 Å². The van der Waals surface area contributed by atoms with Crippen molar-refractivity contribution in [1.29, 1.82) is 0 Å². The fourth-order valence-corrected chi connectivity index (χ4v) is 1.41. The van der Waals surface area contributed by atoms with Gasteiger partial charge in [-0.3, -0.25) is 4.74 Å². The van der Waals surface area contributed by atoms with Crippen molar-refractivity contribution in [3.8, 4) is 0 Å². The predicted molar refractivity (Wildman–Crippen MR) is 54.3 cm³/mol. The first kappa shape index (κ1) is 15.5. The van der Waals surface area contributed by atoms with Gasteiger partial charge >= 0.3 is 17.1 Å². The number of alkyl halides is 10. The van der Waals surface area contributed by atoms with Crippen molar-refractivity contribution in [2.75, 3.05) is 0 Å². The summed E-state index contributed by atoms with van der Waals surface area (Å²) in [6.45, 7) is 0. The summed E-state index contributed by atoms with van der Waals surface area (Å²) >= 11 is 29.4. The summed E-state index contributed by atoms with van der Waals surface area (Å²) in [5.74, 6) is -8.46. The molecular weight excluding hydrogens is 365 g/mol. The van der Waals surface area contributed by atoms with Crippen molar-refractivity contribution in [3.63, 3.8) is 0 Å². The summed E-state index contributed by atoms with van der Waals surface area (Å²) in [6, 6.07) is 0. The molecule has 11 heteroatoms. The second-order valence-corrected chi connectivity index (χ2v) is 6.96. The Hall–Kier alpha value is 1.42. The van der Waals surface area contributed by atoms with E-state index >= 15 is 0 Å². The van der Waals surface area contributed by atoms with Crippen LogP contribution in [0.3, 0.4) is 0 Å². The molecule has 1 saturated carbocycles. The van der Waals surface area contributed by atoms with Gasteiger partial charge in [0, 0.05) is 0 Å². The van der Waals surface area contributed by atoms with Crippen LogP contribution < -0.4 is 0 Å². The molecule has 0 N–H and O–H groups in total. The highest BCUT2D eigenvalue weighted by molar-refractivity contribution is 6.70. The molecule has 0 aromatic rings. The maximum Gasteiger partial charge on any atom is 0.347 e. The number of rotatable bonds is 2. The highest BCUT2D eigenvalue weighted by atomic mass is 35.6. The Morgan fingerprint density at radius 2 is 1.25 bits per heavy atom. The van der Waals surface area contributed by atoms with Crippen molar-refractivity contribution in [2.24, 2.45) is 0 Å². The van der Waals surface area contributed by atoms with Gasteiger partial charge in [-0.05, 0) is 11.6 Å². The molecule has 0 amide bonds. The van der Waals surface area contributed by atoms with Gasteiger partial charge in [0.25, 0.3) is 8.13 Å². The van der Waals surface area contributed by atoms with Gasteiger partial charge in [-0.1, -0.05) is 58.0 Å². The highest BCUT2D eigenvalue weighted by Crippen LogP contribution is 2.73. The van der Waals surface area contributed by atoms with E-state index in [4.69, 9.17) is 69.6 Å². The summed E-state index contributed by atoms with van der Waals surface area (Å²) in [6.07, 6.45) is 0. The SMILES string of the molecule is FC(Cl)(OC1(F)C(F)(F)C1(Cl)Cl)C(Cl)(Cl)Cl. The summed E-state index contributed by atoms with van der Waals surface area (Å²) < 4.78 is 49.4. The van der Waals surface area contributed by atoms with Crippen molar-refractivity contribution >= 4 is 69.6 Å². The lowest BCUT2D eigenvalue weighted by Gasteiger charge is -2.27. The number of halogens is 10.